The van der Waals surface area contributed by atoms with E-state index in [0.717, 1.165) is 43.3 Å². The van der Waals surface area contributed by atoms with Crippen molar-refractivity contribution < 1.29 is 5.11 Å². The molecule has 3 heterocycles. The second-order valence-electron chi connectivity index (χ2n) is 5.62. The molecule has 1 fully saturated rings. The first-order valence-electron chi connectivity index (χ1n) is 7.48. The molecular formula is C15H21N5O. The van der Waals surface area contributed by atoms with E-state index in [-0.39, 0.29) is 6.61 Å². The molecule has 0 aromatic carbocycles. The van der Waals surface area contributed by atoms with E-state index < -0.39 is 0 Å². The molecule has 0 unspecified atom stereocenters. The number of rotatable bonds is 4. The third-order valence-electron chi connectivity index (χ3n) is 3.97. The van der Waals surface area contributed by atoms with Crippen LogP contribution in [0.25, 0.3) is 5.82 Å². The van der Waals surface area contributed by atoms with Gasteiger partial charge < -0.3 is 10.0 Å². The van der Waals surface area contributed by atoms with Crippen LogP contribution in [-0.2, 0) is 0 Å². The summed E-state index contributed by atoms with van der Waals surface area (Å²) in [5.41, 5.74) is 0.962. The summed E-state index contributed by atoms with van der Waals surface area (Å²) >= 11 is 0. The SMILES string of the molecule is Cc1ccn(-c2ccc(N3CCC[C@@H](CCO)C3)nn2)n1. The van der Waals surface area contributed by atoms with Crippen LogP contribution in [0.3, 0.4) is 0 Å². The number of hydrogen-bond donors (Lipinski definition) is 1. The Hall–Kier alpha value is -1.95. The zero-order chi connectivity index (χ0) is 14.7. The van der Waals surface area contributed by atoms with Gasteiger partial charge in [0.05, 0.1) is 5.69 Å². The van der Waals surface area contributed by atoms with E-state index in [1.54, 1.807) is 4.68 Å². The van der Waals surface area contributed by atoms with Crippen molar-refractivity contribution in [2.75, 3.05) is 24.6 Å². The number of aliphatic hydroxyl groups is 1. The van der Waals surface area contributed by atoms with Crippen LogP contribution in [0.15, 0.2) is 24.4 Å². The van der Waals surface area contributed by atoms with Gasteiger partial charge in [-0.25, -0.2) is 4.68 Å². The average Bonchev–Trinajstić information content (AvgIpc) is 2.95. The van der Waals surface area contributed by atoms with Gasteiger partial charge in [-0.15, -0.1) is 10.2 Å². The summed E-state index contributed by atoms with van der Waals surface area (Å²) in [7, 11) is 0. The lowest BCUT2D eigenvalue weighted by Crippen LogP contribution is -2.36. The largest absolute Gasteiger partial charge is 0.396 e. The molecule has 1 N–H and O–H groups in total. The van der Waals surface area contributed by atoms with Crippen molar-refractivity contribution in [3.8, 4) is 5.82 Å². The molecule has 0 saturated carbocycles. The molecule has 0 aliphatic carbocycles. The Morgan fingerprint density at radius 3 is 2.71 bits per heavy atom. The average molecular weight is 287 g/mol. The molecule has 21 heavy (non-hydrogen) atoms. The fourth-order valence-corrected chi connectivity index (χ4v) is 2.84. The van der Waals surface area contributed by atoms with Gasteiger partial charge in [0, 0.05) is 25.9 Å². The minimum absolute atomic E-state index is 0.266. The standard InChI is InChI=1S/C15H21N5O/c1-12-6-9-20(18-12)15-5-4-14(16-17-15)19-8-2-3-13(11-19)7-10-21/h4-6,9,13,21H,2-3,7-8,10-11H2,1H3/t13-/m0/s1. The van der Waals surface area contributed by atoms with Crippen LogP contribution in [0.4, 0.5) is 5.82 Å². The highest BCUT2D eigenvalue weighted by atomic mass is 16.3. The van der Waals surface area contributed by atoms with Crippen molar-refractivity contribution >= 4 is 5.82 Å². The second kappa shape index (κ2) is 6.22. The second-order valence-corrected chi connectivity index (χ2v) is 5.62. The number of piperidine rings is 1. The summed E-state index contributed by atoms with van der Waals surface area (Å²) in [6.07, 6.45) is 5.09. The van der Waals surface area contributed by atoms with Crippen LogP contribution in [0.5, 0.6) is 0 Å². The topological polar surface area (TPSA) is 67.1 Å². The first kappa shape index (κ1) is 14.0. The quantitative estimate of drug-likeness (QED) is 0.924. The molecule has 2 aromatic heterocycles. The van der Waals surface area contributed by atoms with Gasteiger partial charge in [-0.1, -0.05) is 0 Å². The number of aromatic nitrogens is 4. The maximum atomic E-state index is 9.08. The van der Waals surface area contributed by atoms with Crippen molar-refractivity contribution in [3.05, 3.63) is 30.1 Å². The molecule has 112 valence electrons. The lowest BCUT2D eigenvalue weighted by molar-refractivity contribution is 0.244. The first-order valence-corrected chi connectivity index (χ1v) is 7.48. The lowest BCUT2D eigenvalue weighted by Gasteiger charge is -2.33. The molecule has 6 heteroatoms. The molecule has 0 spiro atoms. The fraction of sp³-hybridized carbons (Fsp3) is 0.533. The van der Waals surface area contributed by atoms with Gasteiger partial charge in [0.25, 0.3) is 0 Å². The van der Waals surface area contributed by atoms with Gasteiger partial charge >= 0.3 is 0 Å². The van der Waals surface area contributed by atoms with Crippen LogP contribution in [-0.4, -0.2) is 44.8 Å². The molecule has 0 bridgehead atoms. The van der Waals surface area contributed by atoms with E-state index in [4.69, 9.17) is 5.11 Å². The summed E-state index contributed by atoms with van der Waals surface area (Å²) in [4.78, 5) is 2.26. The van der Waals surface area contributed by atoms with E-state index in [1.807, 2.05) is 31.3 Å². The Morgan fingerprint density at radius 1 is 1.24 bits per heavy atom. The molecule has 3 rings (SSSR count). The van der Waals surface area contributed by atoms with E-state index >= 15 is 0 Å². The van der Waals surface area contributed by atoms with E-state index in [9.17, 15) is 0 Å². The molecule has 1 saturated heterocycles. The number of aliphatic hydroxyl groups excluding tert-OH is 1. The predicted octanol–water partition coefficient (Wildman–Crippen LogP) is 1.57. The van der Waals surface area contributed by atoms with Gasteiger partial charge in [0.15, 0.2) is 11.6 Å². The van der Waals surface area contributed by atoms with E-state index in [1.165, 1.54) is 6.42 Å². The fourth-order valence-electron chi connectivity index (χ4n) is 2.84. The zero-order valence-corrected chi connectivity index (χ0v) is 12.3. The summed E-state index contributed by atoms with van der Waals surface area (Å²) in [6.45, 7) is 4.18. The lowest BCUT2D eigenvalue weighted by atomic mass is 9.95. The Balaban J connectivity index is 1.71. The van der Waals surface area contributed by atoms with Crippen LogP contribution < -0.4 is 4.90 Å². The number of hydrogen-bond acceptors (Lipinski definition) is 5. The van der Waals surface area contributed by atoms with Crippen molar-refractivity contribution in [1.82, 2.24) is 20.0 Å². The maximum absolute atomic E-state index is 9.08. The monoisotopic (exact) mass is 287 g/mol. The maximum Gasteiger partial charge on any atom is 0.175 e. The molecule has 0 amide bonds. The number of anilines is 1. The highest BCUT2D eigenvalue weighted by Gasteiger charge is 2.20. The summed E-state index contributed by atoms with van der Waals surface area (Å²) in [6, 6.07) is 5.89. The smallest absolute Gasteiger partial charge is 0.175 e. The van der Waals surface area contributed by atoms with Gasteiger partial charge in [-0.3, -0.25) is 0 Å². The molecule has 1 aliphatic heterocycles. The van der Waals surface area contributed by atoms with Crippen molar-refractivity contribution in [2.45, 2.75) is 26.2 Å². The first-order chi connectivity index (χ1) is 10.3. The number of aryl methyl sites for hydroxylation is 1. The van der Waals surface area contributed by atoms with Crippen LogP contribution in [0.1, 0.15) is 25.0 Å². The zero-order valence-electron chi connectivity index (χ0n) is 12.3. The Bertz CT molecular complexity index is 578. The van der Waals surface area contributed by atoms with Gasteiger partial charge in [-0.2, -0.15) is 5.10 Å². The molecule has 0 radical (unpaired) electrons. The van der Waals surface area contributed by atoms with Crippen molar-refractivity contribution in [1.29, 1.82) is 0 Å². The third kappa shape index (κ3) is 3.21. The van der Waals surface area contributed by atoms with Crippen LogP contribution in [0, 0.1) is 12.8 Å². The third-order valence-corrected chi connectivity index (χ3v) is 3.97. The van der Waals surface area contributed by atoms with Gasteiger partial charge in [0.1, 0.15) is 0 Å². The summed E-state index contributed by atoms with van der Waals surface area (Å²) < 4.78 is 1.73. The minimum Gasteiger partial charge on any atom is -0.396 e. The summed E-state index contributed by atoms with van der Waals surface area (Å²) in [5.74, 6) is 2.19. The highest BCUT2D eigenvalue weighted by molar-refractivity contribution is 5.40. The van der Waals surface area contributed by atoms with Crippen LogP contribution in [0.2, 0.25) is 0 Å². The number of nitrogens with zero attached hydrogens (tertiary/aromatic N) is 5. The molecule has 2 aromatic rings. The highest BCUT2D eigenvalue weighted by Crippen LogP contribution is 2.23. The Kier molecular flexibility index (Phi) is 4.15. The Morgan fingerprint density at radius 2 is 2.05 bits per heavy atom. The molecular weight excluding hydrogens is 266 g/mol. The van der Waals surface area contributed by atoms with Crippen molar-refractivity contribution in [3.63, 3.8) is 0 Å². The normalized spacial score (nSPS) is 19.0. The minimum atomic E-state index is 0.266. The van der Waals surface area contributed by atoms with Gasteiger partial charge in [0.2, 0.25) is 0 Å². The molecule has 1 atom stereocenters. The Labute approximate surface area is 124 Å². The molecule has 6 nitrogen and oxygen atoms in total. The van der Waals surface area contributed by atoms with E-state index in [2.05, 4.69) is 20.2 Å². The predicted molar refractivity (Wildman–Crippen MR) is 80.5 cm³/mol. The summed E-state index contributed by atoms with van der Waals surface area (Å²) in [5, 5.41) is 22.0. The van der Waals surface area contributed by atoms with Crippen molar-refractivity contribution in [2.24, 2.45) is 5.92 Å². The molecule has 1 aliphatic rings. The van der Waals surface area contributed by atoms with E-state index in [0.29, 0.717) is 5.92 Å². The van der Waals surface area contributed by atoms with Crippen LogP contribution >= 0.6 is 0 Å². The van der Waals surface area contributed by atoms with Gasteiger partial charge in [-0.05, 0) is 50.3 Å².